The molecule has 7 heteroatoms. The Morgan fingerprint density at radius 3 is 2.62 bits per heavy atom. The van der Waals surface area contributed by atoms with E-state index in [4.69, 9.17) is 16.1 Å². The van der Waals surface area contributed by atoms with Gasteiger partial charge in [-0.3, -0.25) is 4.79 Å². The number of nitrogens with zero attached hydrogens (tertiary/aromatic N) is 4. The average molecular weight is 345 g/mol. The fourth-order valence-corrected chi connectivity index (χ4v) is 2.86. The van der Waals surface area contributed by atoms with Crippen molar-refractivity contribution in [3.05, 3.63) is 58.2 Å². The van der Waals surface area contributed by atoms with E-state index in [9.17, 15) is 4.79 Å². The number of hydrogen-bond acceptors (Lipinski definition) is 4. The van der Waals surface area contributed by atoms with Crippen LogP contribution in [0.3, 0.4) is 0 Å². The first-order valence-corrected chi connectivity index (χ1v) is 7.80. The van der Waals surface area contributed by atoms with Crippen molar-refractivity contribution in [3.8, 4) is 5.69 Å². The van der Waals surface area contributed by atoms with E-state index in [2.05, 4.69) is 10.3 Å². The Labute approximate surface area is 144 Å². The smallest absolute Gasteiger partial charge is 0.278 e. The van der Waals surface area contributed by atoms with Crippen molar-refractivity contribution < 1.29 is 9.32 Å². The fourth-order valence-electron chi connectivity index (χ4n) is 2.68. The highest BCUT2D eigenvalue weighted by atomic mass is 35.5. The number of halogens is 1. The van der Waals surface area contributed by atoms with Crippen LogP contribution in [0.25, 0.3) is 5.69 Å². The molecule has 0 N–H and O–H groups in total. The molecule has 0 bridgehead atoms. The average Bonchev–Trinajstić information content (AvgIpc) is 3.09. The van der Waals surface area contributed by atoms with Crippen LogP contribution >= 0.6 is 11.6 Å². The van der Waals surface area contributed by atoms with Gasteiger partial charge in [-0.2, -0.15) is 5.10 Å². The van der Waals surface area contributed by atoms with Crippen molar-refractivity contribution >= 4 is 23.2 Å². The first-order valence-electron chi connectivity index (χ1n) is 7.42. The van der Waals surface area contributed by atoms with E-state index in [1.807, 2.05) is 19.1 Å². The standard InChI is InChI=1S/C17H17ClN4O2/c1-10-8-15(19-22(10)14-7-5-6-13(18)9-14)17(23)21(4)16-11(2)20-24-12(16)3/h5-9H,1-4H3. The van der Waals surface area contributed by atoms with Crippen LogP contribution in [-0.2, 0) is 0 Å². The van der Waals surface area contributed by atoms with E-state index in [0.29, 0.717) is 27.9 Å². The van der Waals surface area contributed by atoms with Gasteiger partial charge in [0.05, 0.1) is 5.69 Å². The van der Waals surface area contributed by atoms with Gasteiger partial charge >= 0.3 is 0 Å². The molecule has 1 amide bonds. The zero-order valence-electron chi connectivity index (χ0n) is 13.9. The predicted molar refractivity (Wildman–Crippen MR) is 92.0 cm³/mol. The van der Waals surface area contributed by atoms with Gasteiger partial charge in [0.1, 0.15) is 11.4 Å². The minimum absolute atomic E-state index is 0.228. The number of rotatable bonds is 3. The van der Waals surface area contributed by atoms with E-state index in [-0.39, 0.29) is 5.91 Å². The Morgan fingerprint density at radius 2 is 2.00 bits per heavy atom. The van der Waals surface area contributed by atoms with Gasteiger partial charge in [-0.15, -0.1) is 0 Å². The first-order chi connectivity index (χ1) is 11.4. The van der Waals surface area contributed by atoms with Gasteiger partial charge in [0, 0.05) is 17.8 Å². The molecule has 0 saturated carbocycles. The molecule has 0 radical (unpaired) electrons. The second-order valence-electron chi connectivity index (χ2n) is 5.60. The molecule has 0 spiro atoms. The highest BCUT2D eigenvalue weighted by Gasteiger charge is 2.23. The Kier molecular flexibility index (Phi) is 4.15. The van der Waals surface area contributed by atoms with E-state index < -0.39 is 0 Å². The molecular weight excluding hydrogens is 328 g/mol. The van der Waals surface area contributed by atoms with Crippen LogP contribution in [0, 0.1) is 20.8 Å². The quantitative estimate of drug-likeness (QED) is 0.726. The van der Waals surface area contributed by atoms with E-state index in [1.165, 1.54) is 4.90 Å². The fraction of sp³-hybridized carbons (Fsp3) is 0.235. The van der Waals surface area contributed by atoms with Crippen molar-refractivity contribution in [2.24, 2.45) is 0 Å². The molecule has 0 aliphatic rings. The van der Waals surface area contributed by atoms with Crippen LogP contribution in [0.4, 0.5) is 5.69 Å². The Balaban J connectivity index is 1.96. The number of benzene rings is 1. The third-order valence-electron chi connectivity index (χ3n) is 3.80. The van der Waals surface area contributed by atoms with Crippen LogP contribution in [0.1, 0.15) is 27.6 Å². The summed E-state index contributed by atoms with van der Waals surface area (Å²) in [5.41, 5.74) is 3.31. The van der Waals surface area contributed by atoms with Gasteiger partial charge in [-0.05, 0) is 45.0 Å². The molecular formula is C17H17ClN4O2. The monoisotopic (exact) mass is 344 g/mol. The lowest BCUT2D eigenvalue weighted by Crippen LogP contribution is -2.27. The van der Waals surface area contributed by atoms with Gasteiger partial charge in [0.15, 0.2) is 11.5 Å². The molecule has 1 aromatic carbocycles. The molecule has 2 aromatic heterocycles. The summed E-state index contributed by atoms with van der Waals surface area (Å²) in [6, 6.07) is 9.07. The second-order valence-corrected chi connectivity index (χ2v) is 6.04. The summed E-state index contributed by atoms with van der Waals surface area (Å²) in [5.74, 6) is 0.364. The number of aryl methyl sites for hydroxylation is 3. The maximum atomic E-state index is 12.8. The molecule has 3 rings (SSSR count). The molecule has 0 aliphatic heterocycles. The molecule has 6 nitrogen and oxygen atoms in total. The topological polar surface area (TPSA) is 64.2 Å². The van der Waals surface area contributed by atoms with Crippen LogP contribution in [0.2, 0.25) is 5.02 Å². The largest absolute Gasteiger partial charge is 0.359 e. The second kappa shape index (κ2) is 6.13. The summed E-state index contributed by atoms with van der Waals surface area (Å²) in [4.78, 5) is 14.3. The third-order valence-corrected chi connectivity index (χ3v) is 4.03. The zero-order chi connectivity index (χ0) is 17.4. The third kappa shape index (κ3) is 2.80. The Bertz CT molecular complexity index is 894. The van der Waals surface area contributed by atoms with Crippen LogP contribution in [0.5, 0.6) is 0 Å². The Morgan fingerprint density at radius 1 is 1.25 bits per heavy atom. The minimum atomic E-state index is -0.228. The van der Waals surface area contributed by atoms with Crippen LogP contribution < -0.4 is 4.90 Å². The van der Waals surface area contributed by atoms with E-state index >= 15 is 0 Å². The van der Waals surface area contributed by atoms with Gasteiger partial charge in [-0.25, -0.2) is 4.68 Å². The predicted octanol–water partition coefficient (Wildman–Crippen LogP) is 3.72. The SMILES string of the molecule is Cc1noc(C)c1N(C)C(=O)c1cc(C)n(-c2cccc(Cl)c2)n1. The summed E-state index contributed by atoms with van der Waals surface area (Å²) in [5, 5.41) is 8.93. The van der Waals surface area contributed by atoms with Crippen molar-refractivity contribution in [2.45, 2.75) is 20.8 Å². The number of amides is 1. The molecule has 0 saturated heterocycles. The lowest BCUT2D eigenvalue weighted by Gasteiger charge is -2.15. The normalized spacial score (nSPS) is 10.9. The number of hydrogen-bond donors (Lipinski definition) is 0. The van der Waals surface area contributed by atoms with Gasteiger partial charge in [0.2, 0.25) is 0 Å². The van der Waals surface area contributed by atoms with Crippen LogP contribution in [0.15, 0.2) is 34.9 Å². The Hall–Kier alpha value is -2.60. The summed E-state index contributed by atoms with van der Waals surface area (Å²) in [6.45, 7) is 5.46. The molecule has 124 valence electrons. The maximum Gasteiger partial charge on any atom is 0.278 e. The maximum absolute atomic E-state index is 12.8. The van der Waals surface area contributed by atoms with E-state index in [0.717, 1.165) is 11.4 Å². The first kappa shape index (κ1) is 16.3. The minimum Gasteiger partial charge on any atom is -0.359 e. The molecule has 0 unspecified atom stereocenters. The van der Waals surface area contributed by atoms with Crippen molar-refractivity contribution in [1.82, 2.24) is 14.9 Å². The van der Waals surface area contributed by atoms with Crippen molar-refractivity contribution in [3.63, 3.8) is 0 Å². The van der Waals surface area contributed by atoms with Crippen molar-refractivity contribution in [2.75, 3.05) is 11.9 Å². The van der Waals surface area contributed by atoms with Gasteiger partial charge < -0.3 is 9.42 Å². The number of carbonyl (C=O) groups excluding carboxylic acids is 1. The lowest BCUT2D eigenvalue weighted by molar-refractivity contribution is 0.0987. The highest BCUT2D eigenvalue weighted by Crippen LogP contribution is 2.25. The molecule has 24 heavy (non-hydrogen) atoms. The lowest BCUT2D eigenvalue weighted by atomic mass is 10.2. The summed E-state index contributed by atoms with van der Waals surface area (Å²) in [7, 11) is 1.68. The summed E-state index contributed by atoms with van der Waals surface area (Å²) < 4.78 is 6.82. The van der Waals surface area contributed by atoms with Crippen molar-refractivity contribution in [1.29, 1.82) is 0 Å². The molecule has 0 atom stereocenters. The highest BCUT2D eigenvalue weighted by molar-refractivity contribution is 6.30. The molecule has 0 fully saturated rings. The van der Waals surface area contributed by atoms with Crippen LogP contribution in [-0.4, -0.2) is 27.9 Å². The molecule has 3 aromatic rings. The number of aromatic nitrogens is 3. The van der Waals surface area contributed by atoms with E-state index in [1.54, 1.807) is 43.8 Å². The number of carbonyl (C=O) groups is 1. The zero-order valence-corrected chi connectivity index (χ0v) is 14.6. The number of anilines is 1. The summed E-state index contributed by atoms with van der Waals surface area (Å²) >= 11 is 6.04. The molecule has 2 heterocycles. The molecule has 0 aliphatic carbocycles. The van der Waals surface area contributed by atoms with Gasteiger partial charge in [0.25, 0.3) is 5.91 Å². The summed E-state index contributed by atoms with van der Waals surface area (Å²) in [6.07, 6.45) is 0. The van der Waals surface area contributed by atoms with Gasteiger partial charge in [-0.1, -0.05) is 22.8 Å².